The minimum Gasteiger partial charge on any atom is -0.305 e. The van der Waals surface area contributed by atoms with E-state index in [-0.39, 0.29) is 0 Å². The van der Waals surface area contributed by atoms with E-state index in [2.05, 4.69) is 28.3 Å². The first kappa shape index (κ1) is 11.2. The van der Waals surface area contributed by atoms with Gasteiger partial charge in [-0.3, -0.25) is 4.98 Å². The molecule has 16 heavy (non-hydrogen) atoms. The third-order valence-electron chi connectivity index (χ3n) is 2.60. The Morgan fingerprint density at radius 3 is 3.00 bits per heavy atom. The highest BCUT2D eigenvalue weighted by Gasteiger charge is 2.06. The Morgan fingerprint density at radius 2 is 2.38 bits per heavy atom. The highest BCUT2D eigenvalue weighted by Crippen LogP contribution is 2.15. The predicted octanol–water partition coefficient (Wildman–Crippen LogP) is 2.70. The molecule has 0 radical (unpaired) electrons. The van der Waals surface area contributed by atoms with Gasteiger partial charge in [0, 0.05) is 29.9 Å². The van der Waals surface area contributed by atoms with E-state index in [4.69, 9.17) is 0 Å². The maximum Gasteiger partial charge on any atom is 0.0798 e. The van der Waals surface area contributed by atoms with Crippen molar-refractivity contribution in [3.63, 3.8) is 0 Å². The summed E-state index contributed by atoms with van der Waals surface area (Å²) in [6.07, 6.45) is 3.70. The van der Waals surface area contributed by atoms with Crippen LogP contribution in [0.25, 0.3) is 0 Å². The van der Waals surface area contributed by atoms with Crippen molar-refractivity contribution < 1.29 is 0 Å². The number of aromatic nitrogens is 2. The van der Waals surface area contributed by atoms with Crippen LogP contribution >= 0.6 is 11.3 Å². The summed E-state index contributed by atoms with van der Waals surface area (Å²) in [7, 11) is 0. The molecule has 0 bridgehead atoms. The minimum atomic E-state index is 0.315. The van der Waals surface area contributed by atoms with Crippen molar-refractivity contribution in [2.24, 2.45) is 0 Å². The van der Waals surface area contributed by atoms with Crippen LogP contribution in [0.3, 0.4) is 0 Å². The van der Waals surface area contributed by atoms with Crippen LogP contribution in [0.15, 0.2) is 30.0 Å². The molecule has 0 aliphatic rings. The molecule has 0 fully saturated rings. The second kappa shape index (κ2) is 5.18. The van der Waals surface area contributed by atoms with Crippen LogP contribution in [0, 0.1) is 6.92 Å². The van der Waals surface area contributed by atoms with Gasteiger partial charge >= 0.3 is 0 Å². The van der Waals surface area contributed by atoms with Crippen molar-refractivity contribution in [2.75, 3.05) is 0 Å². The molecular formula is C12H15N3S. The van der Waals surface area contributed by atoms with Gasteiger partial charge in [0.05, 0.1) is 11.2 Å². The Labute approximate surface area is 99.6 Å². The summed E-state index contributed by atoms with van der Waals surface area (Å²) in [4.78, 5) is 9.65. The zero-order chi connectivity index (χ0) is 11.4. The summed E-state index contributed by atoms with van der Waals surface area (Å²) in [6, 6.07) is 4.37. The van der Waals surface area contributed by atoms with Crippen LogP contribution in [0.5, 0.6) is 0 Å². The van der Waals surface area contributed by atoms with Gasteiger partial charge in [0.2, 0.25) is 0 Å². The van der Waals surface area contributed by atoms with E-state index in [1.807, 2.05) is 24.7 Å². The maximum absolute atomic E-state index is 4.23. The van der Waals surface area contributed by atoms with Crippen molar-refractivity contribution in [3.05, 3.63) is 46.2 Å². The van der Waals surface area contributed by atoms with Crippen molar-refractivity contribution in [3.8, 4) is 0 Å². The molecule has 2 rings (SSSR count). The van der Waals surface area contributed by atoms with E-state index in [1.165, 1.54) is 10.4 Å². The van der Waals surface area contributed by atoms with Gasteiger partial charge in [-0.25, -0.2) is 4.98 Å². The predicted molar refractivity (Wildman–Crippen MR) is 66.3 cm³/mol. The molecule has 0 spiro atoms. The smallest absolute Gasteiger partial charge is 0.0798 e. The first-order valence-electron chi connectivity index (χ1n) is 5.29. The average Bonchev–Trinajstić information content (AvgIpc) is 2.73. The van der Waals surface area contributed by atoms with Gasteiger partial charge in [-0.2, -0.15) is 0 Å². The van der Waals surface area contributed by atoms with Crippen LogP contribution in [0.1, 0.15) is 29.1 Å². The van der Waals surface area contributed by atoms with Gasteiger partial charge < -0.3 is 5.32 Å². The van der Waals surface area contributed by atoms with Crippen molar-refractivity contribution >= 4 is 11.3 Å². The molecule has 0 aromatic carbocycles. The topological polar surface area (TPSA) is 37.8 Å². The van der Waals surface area contributed by atoms with Crippen LogP contribution < -0.4 is 5.32 Å². The highest BCUT2D eigenvalue weighted by atomic mass is 32.1. The molecule has 2 aromatic rings. The third-order valence-corrected chi connectivity index (χ3v) is 3.53. The Bertz CT molecular complexity index is 439. The second-order valence-electron chi connectivity index (χ2n) is 3.75. The quantitative estimate of drug-likeness (QED) is 0.882. The summed E-state index contributed by atoms with van der Waals surface area (Å²) in [5, 5.41) is 3.47. The third kappa shape index (κ3) is 2.65. The van der Waals surface area contributed by atoms with Gasteiger partial charge in [-0.05, 0) is 25.5 Å². The standard InChI is InChI=1S/C12H15N3S/c1-9(11-4-3-5-13-6-11)14-7-12-10(2)15-8-16-12/h3-6,8-9,14H,7H2,1-2H3. The van der Waals surface area contributed by atoms with Gasteiger partial charge in [0.1, 0.15) is 0 Å². The van der Waals surface area contributed by atoms with E-state index < -0.39 is 0 Å². The molecule has 0 saturated carbocycles. The van der Waals surface area contributed by atoms with Crippen LogP contribution in [0.4, 0.5) is 0 Å². The van der Waals surface area contributed by atoms with Crippen molar-refractivity contribution in [1.29, 1.82) is 0 Å². The first-order chi connectivity index (χ1) is 7.77. The molecule has 0 aliphatic heterocycles. The highest BCUT2D eigenvalue weighted by molar-refractivity contribution is 7.09. The molecule has 4 heteroatoms. The Hall–Kier alpha value is -1.26. The fourth-order valence-electron chi connectivity index (χ4n) is 1.49. The lowest BCUT2D eigenvalue weighted by molar-refractivity contribution is 0.575. The Morgan fingerprint density at radius 1 is 1.50 bits per heavy atom. The van der Waals surface area contributed by atoms with Crippen molar-refractivity contribution in [1.82, 2.24) is 15.3 Å². The zero-order valence-corrected chi connectivity index (χ0v) is 10.3. The molecule has 1 atom stereocenters. The van der Waals surface area contributed by atoms with Gasteiger partial charge in [-0.1, -0.05) is 6.07 Å². The first-order valence-corrected chi connectivity index (χ1v) is 6.17. The van der Waals surface area contributed by atoms with Crippen LogP contribution in [-0.2, 0) is 6.54 Å². The lowest BCUT2D eigenvalue weighted by Gasteiger charge is -2.12. The van der Waals surface area contributed by atoms with Crippen LogP contribution in [0.2, 0.25) is 0 Å². The molecule has 1 N–H and O–H groups in total. The second-order valence-corrected chi connectivity index (χ2v) is 4.69. The number of hydrogen-bond acceptors (Lipinski definition) is 4. The summed E-state index contributed by atoms with van der Waals surface area (Å²) in [5.41, 5.74) is 4.22. The Kier molecular flexibility index (Phi) is 3.64. The number of nitrogens with one attached hydrogen (secondary N) is 1. The lowest BCUT2D eigenvalue weighted by Crippen LogP contribution is -2.18. The molecule has 84 valence electrons. The molecule has 2 heterocycles. The number of nitrogens with zero attached hydrogens (tertiary/aromatic N) is 2. The molecular weight excluding hydrogens is 218 g/mol. The number of aryl methyl sites for hydroxylation is 1. The summed E-state index contributed by atoms with van der Waals surface area (Å²) >= 11 is 1.70. The lowest BCUT2D eigenvalue weighted by atomic mass is 10.1. The number of rotatable bonds is 4. The van der Waals surface area contributed by atoms with E-state index in [9.17, 15) is 0 Å². The van der Waals surface area contributed by atoms with E-state index in [0.717, 1.165) is 12.2 Å². The molecule has 0 aliphatic carbocycles. The molecule has 1 unspecified atom stereocenters. The molecule has 0 saturated heterocycles. The van der Waals surface area contributed by atoms with E-state index in [1.54, 1.807) is 17.5 Å². The van der Waals surface area contributed by atoms with E-state index >= 15 is 0 Å². The molecule has 3 nitrogen and oxygen atoms in total. The molecule has 2 aromatic heterocycles. The average molecular weight is 233 g/mol. The number of thiazole rings is 1. The van der Waals surface area contributed by atoms with Crippen LogP contribution in [-0.4, -0.2) is 9.97 Å². The monoisotopic (exact) mass is 233 g/mol. The summed E-state index contributed by atoms with van der Waals surface area (Å²) < 4.78 is 0. The largest absolute Gasteiger partial charge is 0.305 e. The van der Waals surface area contributed by atoms with E-state index in [0.29, 0.717) is 6.04 Å². The van der Waals surface area contributed by atoms with Gasteiger partial charge in [0.25, 0.3) is 0 Å². The Balaban J connectivity index is 1.94. The molecule has 0 amide bonds. The fraction of sp³-hybridized carbons (Fsp3) is 0.333. The normalized spacial score (nSPS) is 12.6. The van der Waals surface area contributed by atoms with Crippen molar-refractivity contribution in [2.45, 2.75) is 26.4 Å². The zero-order valence-electron chi connectivity index (χ0n) is 9.47. The van der Waals surface area contributed by atoms with Gasteiger partial charge in [0.15, 0.2) is 0 Å². The minimum absolute atomic E-state index is 0.315. The summed E-state index contributed by atoms with van der Waals surface area (Å²) in [5.74, 6) is 0. The number of hydrogen-bond donors (Lipinski definition) is 1. The maximum atomic E-state index is 4.23. The fourth-order valence-corrected chi connectivity index (χ4v) is 2.22. The summed E-state index contributed by atoms with van der Waals surface area (Å²) in [6.45, 7) is 5.06. The number of pyridine rings is 1. The SMILES string of the molecule is Cc1ncsc1CNC(C)c1cccnc1. The van der Waals surface area contributed by atoms with Gasteiger partial charge in [-0.15, -0.1) is 11.3 Å².